The van der Waals surface area contributed by atoms with Crippen molar-refractivity contribution in [3.05, 3.63) is 59.4 Å². The van der Waals surface area contributed by atoms with Gasteiger partial charge in [0.2, 0.25) is 15.9 Å². The molecule has 27 heavy (non-hydrogen) atoms. The number of benzene rings is 2. The lowest BCUT2D eigenvalue weighted by molar-refractivity contribution is -0.118. The quantitative estimate of drug-likeness (QED) is 0.515. The molecular formula is C18H19FN2O4S2. The van der Waals surface area contributed by atoms with E-state index < -0.39 is 15.8 Å². The first-order valence-corrected chi connectivity index (χ1v) is 10.4. The highest BCUT2D eigenvalue weighted by atomic mass is 32.2. The number of carbonyl (C=O) groups is 2. The van der Waals surface area contributed by atoms with E-state index in [9.17, 15) is 22.4 Å². The topological polar surface area (TPSA) is 92.3 Å². The average Bonchev–Trinajstić information content (AvgIpc) is 2.65. The normalized spacial score (nSPS) is 11.2. The Balaban J connectivity index is 1.92. The van der Waals surface area contributed by atoms with Crippen LogP contribution in [0.25, 0.3) is 0 Å². The molecule has 0 saturated carbocycles. The number of carbonyl (C=O) groups excluding carboxylic acids is 2. The maximum Gasteiger partial charge on any atom is 0.240 e. The molecule has 2 aromatic rings. The minimum Gasteiger partial charge on any atom is -0.351 e. The van der Waals surface area contributed by atoms with Crippen LogP contribution in [0.5, 0.6) is 0 Å². The second-order valence-corrected chi connectivity index (χ2v) is 8.53. The SMILES string of the molecule is CNS(=O)(=O)c1cccc(CNC(=O)CSc2ccc(C(C)=O)cc2F)c1. The van der Waals surface area contributed by atoms with E-state index in [4.69, 9.17) is 0 Å². The summed E-state index contributed by atoms with van der Waals surface area (Å²) in [6.45, 7) is 1.50. The Kier molecular flexibility index (Phi) is 7.11. The molecular weight excluding hydrogens is 391 g/mol. The molecule has 9 heteroatoms. The number of thioether (sulfide) groups is 1. The van der Waals surface area contributed by atoms with Gasteiger partial charge in [0.05, 0.1) is 10.6 Å². The Bertz CT molecular complexity index is 962. The molecule has 0 aliphatic rings. The number of ketones is 1. The highest BCUT2D eigenvalue weighted by molar-refractivity contribution is 8.00. The molecule has 0 aromatic heterocycles. The second-order valence-electron chi connectivity index (χ2n) is 5.62. The van der Waals surface area contributed by atoms with Gasteiger partial charge in [0.1, 0.15) is 5.82 Å². The van der Waals surface area contributed by atoms with Gasteiger partial charge in [-0.15, -0.1) is 11.8 Å². The fourth-order valence-corrected chi connectivity index (χ4v) is 3.72. The van der Waals surface area contributed by atoms with Crippen LogP contribution >= 0.6 is 11.8 Å². The standard InChI is InChI=1S/C18H19FN2O4S2/c1-12(22)14-6-7-17(16(19)9-14)26-11-18(23)21-10-13-4-3-5-15(8-13)27(24,25)20-2/h3-9,20H,10-11H2,1-2H3,(H,21,23). The van der Waals surface area contributed by atoms with Crippen LogP contribution in [0.2, 0.25) is 0 Å². The fourth-order valence-electron chi connectivity index (χ4n) is 2.17. The zero-order valence-corrected chi connectivity index (χ0v) is 16.4. The largest absolute Gasteiger partial charge is 0.351 e. The van der Waals surface area contributed by atoms with Gasteiger partial charge in [-0.25, -0.2) is 17.5 Å². The van der Waals surface area contributed by atoms with Crippen LogP contribution < -0.4 is 10.0 Å². The first kappa shape index (κ1) is 21.1. The Morgan fingerprint density at radius 3 is 2.52 bits per heavy atom. The molecule has 6 nitrogen and oxygen atoms in total. The lowest BCUT2D eigenvalue weighted by atomic mass is 10.1. The molecule has 0 radical (unpaired) electrons. The van der Waals surface area contributed by atoms with Crippen LogP contribution in [0, 0.1) is 5.82 Å². The zero-order valence-electron chi connectivity index (χ0n) is 14.8. The summed E-state index contributed by atoms with van der Waals surface area (Å²) in [7, 11) is -2.23. The van der Waals surface area contributed by atoms with Crippen molar-refractivity contribution in [3.63, 3.8) is 0 Å². The van der Waals surface area contributed by atoms with Crippen molar-refractivity contribution in [1.82, 2.24) is 10.0 Å². The third-order valence-electron chi connectivity index (χ3n) is 3.66. The van der Waals surface area contributed by atoms with Crippen molar-refractivity contribution in [3.8, 4) is 0 Å². The highest BCUT2D eigenvalue weighted by Crippen LogP contribution is 2.22. The maximum atomic E-state index is 13.9. The lowest BCUT2D eigenvalue weighted by Gasteiger charge is -2.08. The number of hydrogen-bond donors (Lipinski definition) is 2. The minimum absolute atomic E-state index is 0.00908. The Morgan fingerprint density at radius 2 is 1.89 bits per heavy atom. The van der Waals surface area contributed by atoms with Crippen LogP contribution in [-0.2, 0) is 21.4 Å². The molecule has 0 unspecified atom stereocenters. The van der Waals surface area contributed by atoms with Gasteiger partial charge in [0.25, 0.3) is 0 Å². The van der Waals surface area contributed by atoms with Gasteiger partial charge in [0, 0.05) is 17.0 Å². The Morgan fingerprint density at radius 1 is 1.15 bits per heavy atom. The Hall–Kier alpha value is -2.23. The lowest BCUT2D eigenvalue weighted by Crippen LogP contribution is -2.25. The molecule has 0 saturated heterocycles. The summed E-state index contributed by atoms with van der Waals surface area (Å²) in [6, 6.07) is 10.3. The van der Waals surface area contributed by atoms with E-state index in [0.717, 1.165) is 17.8 Å². The molecule has 0 fully saturated rings. The van der Waals surface area contributed by atoms with Crippen molar-refractivity contribution in [2.45, 2.75) is 23.3 Å². The molecule has 0 heterocycles. The van der Waals surface area contributed by atoms with Crippen LogP contribution in [-0.4, -0.2) is 32.9 Å². The summed E-state index contributed by atoms with van der Waals surface area (Å²) < 4.78 is 39.7. The maximum absolute atomic E-state index is 13.9. The minimum atomic E-state index is -3.55. The second kappa shape index (κ2) is 9.12. The van der Waals surface area contributed by atoms with E-state index in [1.165, 1.54) is 38.2 Å². The number of hydrogen-bond acceptors (Lipinski definition) is 5. The third-order valence-corrected chi connectivity index (χ3v) is 6.12. The third kappa shape index (κ3) is 5.88. The molecule has 0 spiro atoms. The van der Waals surface area contributed by atoms with Gasteiger partial charge in [-0.05, 0) is 43.8 Å². The number of amides is 1. The summed E-state index contributed by atoms with van der Waals surface area (Å²) >= 11 is 1.02. The molecule has 0 aliphatic carbocycles. The molecule has 0 aliphatic heterocycles. The number of halogens is 1. The first-order chi connectivity index (χ1) is 12.7. The summed E-state index contributed by atoms with van der Waals surface area (Å²) in [4.78, 5) is 23.6. The van der Waals surface area contributed by atoms with E-state index in [1.54, 1.807) is 12.1 Å². The molecule has 144 valence electrons. The molecule has 1 amide bonds. The molecule has 2 aromatic carbocycles. The van der Waals surface area contributed by atoms with Crippen LogP contribution in [0.4, 0.5) is 4.39 Å². The number of sulfonamides is 1. The van der Waals surface area contributed by atoms with Crippen molar-refractivity contribution < 1.29 is 22.4 Å². The molecule has 0 atom stereocenters. The van der Waals surface area contributed by atoms with Crippen molar-refractivity contribution >= 4 is 33.5 Å². The predicted molar refractivity (Wildman–Crippen MR) is 102 cm³/mol. The van der Waals surface area contributed by atoms with E-state index in [2.05, 4.69) is 10.0 Å². The van der Waals surface area contributed by atoms with E-state index in [0.29, 0.717) is 5.56 Å². The fraction of sp³-hybridized carbons (Fsp3) is 0.222. The smallest absolute Gasteiger partial charge is 0.240 e. The van der Waals surface area contributed by atoms with Crippen molar-refractivity contribution in [1.29, 1.82) is 0 Å². The van der Waals surface area contributed by atoms with Crippen LogP contribution in [0.15, 0.2) is 52.3 Å². The monoisotopic (exact) mass is 410 g/mol. The number of Topliss-reactive ketones (excluding diaryl/α,β-unsaturated/α-hetero) is 1. The van der Waals surface area contributed by atoms with Gasteiger partial charge in [0.15, 0.2) is 5.78 Å². The van der Waals surface area contributed by atoms with Crippen molar-refractivity contribution in [2.24, 2.45) is 0 Å². The average molecular weight is 410 g/mol. The Labute approximate surface area is 161 Å². The van der Waals surface area contributed by atoms with Crippen LogP contribution in [0.3, 0.4) is 0 Å². The van der Waals surface area contributed by atoms with E-state index in [1.807, 2.05) is 0 Å². The van der Waals surface area contributed by atoms with Crippen molar-refractivity contribution in [2.75, 3.05) is 12.8 Å². The number of rotatable bonds is 8. The van der Waals surface area contributed by atoms with E-state index in [-0.39, 0.29) is 39.3 Å². The highest BCUT2D eigenvalue weighted by Gasteiger charge is 2.12. The molecule has 2 rings (SSSR count). The van der Waals surface area contributed by atoms with Gasteiger partial charge < -0.3 is 5.32 Å². The molecule has 2 N–H and O–H groups in total. The predicted octanol–water partition coefficient (Wildman–Crippen LogP) is 2.34. The zero-order chi connectivity index (χ0) is 20.0. The van der Waals surface area contributed by atoms with Gasteiger partial charge in [-0.1, -0.05) is 18.2 Å². The first-order valence-electron chi connectivity index (χ1n) is 7.95. The summed E-state index contributed by atoms with van der Waals surface area (Å²) in [6.07, 6.45) is 0. The van der Waals surface area contributed by atoms with Gasteiger partial charge >= 0.3 is 0 Å². The van der Waals surface area contributed by atoms with Gasteiger partial charge in [-0.2, -0.15) is 0 Å². The van der Waals surface area contributed by atoms with Crippen LogP contribution in [0.1, 0.15) is 22.8 Å². The number of nitrogens with one attached hydrogen (secondary N) is 2. The van der Waals surface area contributed by atoms with E-state index >= 15 is 0 Å². The molecule has 0 bridgehead atoms. The summed E-state index contributed by atoms with van der Waals surface area (Å²) in [5.74, 6) is -1.11. The summed E-state index contributed by atoms with van der Waals surface area (Å²) in [5.41, 5.74) is 0.902. The van der Waals surface area contributed by atoms with Gasteiger partial charge in [-0.3, -0.25) is 9.59 Å². The summed E-state index contributed by atoms with van der Waals surface area (Å²) in [5, 5.41) is 2.66.